The van der Waals surface area contributed by atoms with Crippen LogP contribution in [-0.4, -0.2) is 20.1 Å². The van der Waals surface area contributed by atoms with Crippen LogP contribution in [-0.2, 0) is 4.79 Å². The van der Waals surface area contributed by atoms with Crippen LogP contribution in [0, 0.1) is 0 Å². The zero-order chi connectivity index (χ0) is 20.0. The van der Waals surface area contributed by atoms with Crippen molar-refractivity contribution >= 4 is 17.7 Å². The van der Waals surface area contributed by atoms with Gasteiger partial charge in [-0.15, -0.1) is 0 Å². The summed E-state index contributed by atoms with van der Waals surface area (Å²) in [6.07, 6.45) is 3.29. The van der Waals surface area contributed by atoms with E-state index in [1.54, 1.807) is 26.4 Å². The van der Waals surface area contributed by atoms with Gasteiger partial charge in [-0.3, -0.25) is 4.79 Å². The second-order valence-corrected chi connectivity index (χ2v) is 7.09. The second kappa shape index (κ2) is 9.26. The molecule has 0 aliphatic heterocycles. The van der Waals surface area contributed by atoms with E-state index in [-0.39, 0.29) is 5.91 Å². The van der Waals surface area contributed by atoms with E-state index in [9.17, 15) is 4.79 Å². The average molecular weight is 367 g/mol. The Bertz CT molecular complexity index is 774. The van der Waals surface area contributed by atoms with Crippen molar-refractivity contribution in [3.63, 3.8) is 0 Å². The Morgan fingerprint density at radius 3 is 1.89 bits per heavy atom. The Labute approximate surface area is 162 Å². The molecule has 0 aliphatic carbocycles. The van der Waals surface area contributed by atoms with Gasteiger partial charge in [0.05, 0.1) is 14.2 Å². The lowest BCUT2D eigenvalue weighted by molar-refractivity contribution is -0.111. The third-order valence-corrected chi connectivity index (χ3v) is 4.42. The van der Waals surface area contributed by atoms with Gasteiger partial charge in [-0.25, -0.2) is 0 Å². The number of hydrogen-bond donors (Lipinski definition) is 1. The van der Waals surface area contributed by atoms with E-state index in [2.05, 4.69) is 51.2 Å². The molecule has 1 amide bonds. The highest BCUT2D eigenvalue weighted by Crippen LogP contribution is 2.32. The highest BCUT2D eigenvalue weighted by atomic mass is 16.5. The first-order chi connectivity index (χ1) is 12.8. The lowest BCUT2D eigenvalue weighted by Gasteiger charge is -2.19. The minimum Gasteiger partial charge on any atom is -0.497 e. The Morgan fingerprint density at radius 1 is 0.926 bits per heavy atom. The normalized spacial score (nSPS) is 11.3. The second-order valence-electron chi connectivity index (χ2n) is 7.09. The van der Waals surface area contributed by atoms with Gasteiger partial charge in [-0.2, -0.15) is 0 Å². The molecule has 1 N–H and O–H groups in total. The van der Waals surface area contributed by atoms with Crippen LogP contribution >= 0.6 is 0 Å². The molecule has 0 saturated heterocycles. The molecule has 0 bridgehead atoms. The largest absolute Gasteiger partial charge is 0.497 e. The van der Waals surface area contributed by atoms with Crippen LogP contribution in [0.4, 0.5) is 5.69 Å². The first-order valence-corrected chi connectivity index (χ1v) is 9.20. The summed E-state index contributed by atoms with van der Waals surface area (Å²) >= 11 is 0. The molecule has 2 aromatic rings. The first kappa shape index (κ1) is 20.6. The number of benzene rings is 2. The minimum absolute atomic E-state index is 0.160. The van der Waals surface area contributed by atoms with E-state index < -0.39 is 0 Å². The van der Waals surface area contributed by atoms with Crippen molar-refractivity contribution in [2.75, 3.05) is 19.5 Å². The van der Waals surface area contributed by atoms with Gasteiger partial charge in [-0.05, 0) is 46.7 Å². The van der Waals surface area contributed by atoms with Crippen LogP contribution in [0.15, 0.2) is 42.5 Å². The van der Waals surface area contributed by atoms with Gasteiger partial charge < -0.3 is 14.8 Å². The fourth-order valence-electron chi connectivity index (χ4n) is 2.96. The van der Waals surface area contributed by atoms with Crippen molar-refractivity contribution in [2.24, 2.45) is 0 Å². The van der Waals surface area contributed by atoms with Gasteiger partial charge in [0.2, 0.25) is 5.91 Å². The predicted octanol–water partition coefficient (Wildman–Crippen LogP) is 5.60. The van der Waals surface area contributed by atoms with E-state index in [1.807, 2.05) is 12.1 Å². The maximum Gasteiger partial charge on any atom is 0.248 e. The summed E-state index contributed by atoms with van der Waals surface area (Å²) in [5.41, 5.74) is 4.04. The number of rotatable bonds is 7. The van der Waals surface area contributed by atoms with E-state index >= 15 is 0 Å². The molecule has 144 valence electrons. The van der Waals surface area contributed by atoms with E-state index in [0.29, 0.717) is 23.3 Å². The van der Waals surface area contributed by atoms with Gasteiger partial charge in [0, 0.05) is 17.8 Å². The molecular weight excluding hydrogens is 338 g/mol. The predicted molar refractivity (Wildman–Crippen MR) is 112 cm³/mol. The molecule has 0 aromatic heterocycles. The Hall–Kier alpha value is -2.75. The number of methoxy groups -OCH3 is 2. The van der Waals surface area contributed by atoms with Gasteiger partial charge in [0.15, 0.2) is 0 Å². The van der Waals surface area contributed by atoms with Crippen LogP contribution in [0.1, 0.15) is 56.2 Å². The summed E-state index contributed by atoms with van der Waals surface area (Å²) in [7, 11) is 3.20. The summed E-state index contributed by atoms with van der Waals surface area (Å²) in [6, 6.07) is 11.7. The lowest BCUT2D eigenvalue weighted by atomic mass is 9.92. The summed E-state index contributed by atoms with van der Waals surface area (Å²) < 4.78 is 10.5. The number of para-hydroxylation sites is 1. The van der Waals surface area contributed by atoms with Crippen molar-refractivity contribution in [1.82, 2.24) is 0 Å². The molecule has 0 fully saturated rings. The average Bonchev–Trinajstić information content (AvgIpc) is 2.65. The number of hydrogen-bond acceptors (Lipinski definition) is 3. The van der Waals surface area contributed by atoms with Gasteiger partial charge in [0.25, 0.3) is 0 Å². The molecule has 0 aliphatic rings. The lowest BCUT2D eigenvalue weighted by Crippen LogP contribution is -2.13. The third kappa shape index (κ3) is 5.36. The fourth-order valence-corrected chi connectivity index (χ4v) is 2.96. The van der Waals surface area contributed by atoms with E-state index in [4.69, 9.17) is 9.47 Å². The highest BCUT2D eigenvalue weighted by molar-refractivity contribution is 6.03. The molecule has 0 saturated carbocycles. The van der Waals surface area contributed by atoms with Crippen molar-refractivity contribution in [3.05, 3.63) is 59.2 Å². The molecule has 4 nitrogen and oxygen atoms in total. The van der Waals surface area contributed by atoms with Crippen LogP contribution in [0.25, 0.3) is 6.08 Å². The number of carbonyl (C=O) groups excluding carboxylic acids is 1. The number of ether oxygens (including phenoxy) is 2. The minimum atomic E-state index is -0.160. The van der Waals surface area contributed by atoms with Crippen molar-refractivity contribution in [3.8, 4) is 11.5 Å². The Balaban J connectivity index is 2.27. The summed E-state index contributed by atoms with van der Waals surface area (Å²) in [6.45, 7) is 8.53. The number of nitrogens with one attached hydrogen (secondary N) is 1. The number of carbonyl (C=O) groups is 1. The van der Waals surface area contributed by atoms with Crippen molar-refractivity contribution < 1.29 is 14.3 Å². The molecule has 2 rings (SSSR count). The first-order valence-electron chi connectivity index (χ1n) is 9.20. The quantitative estimate of drug-likeness (QED) is 0.648. The fraction of sp³-hybridized carbons (Fsp3) is 0.348. The Morgan fingerprint density at radius 2 is 1.44 bits per heavy atom. The van der Waals surface area contributed by atoms with Crippen LogP contribution < -0.4 is 14.8 Å². The number of amides is 1. The standard InChI is InChI=1S/C23H29NO3/c1-15(2)20-8-7-9-21(16(3)4)23(20)24-22(25)11-10-17-12-18(26-5)14-19(13-17)27-6/h7-16H,1-6H3,(H,24,25)/b11-10+. The molecule has 0 radical (unpaired) electrons. The van der Waals surface area contributed by atoms with Gasteiger partial charge in [-0.1, -0.05) is 45.9 Å². The summed E-state index contributed by atoms with van der Waals surface area (Å²) in [5.74, 6) is 1.85. The summed E-state index contributed by atoms with van der Waals surface area (Å²) in [5, 5.41) is 3.08. The molecule has 2 aromatic carbocycles. The molecular formula is C23H29NO3. The van der Waals surface area contributed by atoms with Crippen LogP contribution in [0.3, 0.4) is 0 Å². The van der Waals surface area contributed by atoms with Crippen molar-refractivity contribution in [2.45, 2.75) is 39.5 Å². The molecule has 27 heavy (non-hydrogen) atoms. The smallest absolute Gasteiger partial charge is 0.248 e. The van der Waals surface area contributed by atoms with Gasteiger partial charge in [0.1, 0.15) is 11.5 Å². The van der Waals surface area contributed by atoms with E-state index in [0.717, 1.165) is 22.4 Å². The maximum atomic E-state index is 12.6. The van der Waals surface area contributed by atoms with Crippen LogP contribution in [0.2, 0.25) is 0 Å². The third-order valence-electron chi connectivity index (χ3n) is 4.42. The Kier molecular flexibility index (Phi) is 7.05. The molecule has 0 atom stereocenters. The zero-order valence-corrected chi connectivity index (χ0v) is 17.0. The molecule has 0 heterocycles. The summed E-state index contributed by atoms with van der Waals surface area (Å²) in [4.78, 5) is 12.6. The topological polar surface area (TPSA) is 47.6 Å². The highest BCUT2D eigenvalue weighted by Gasteiger charge is 2.15. The molecule has 0 unspecified atom stereocenters. The maximum absolute atomic E-state index is 12.6. The van der Waals surface area contributed by atoms with Gasteiger partial charge >= 0.3 is 0 Å². The molecule has 0 spiro atoms. The van der Waals surface area contributed by atoms with Crippen LogP contribution in [0.5, 0.6) is 11.5 Å². The molecule has 4 heteroatoms. The zero-order valence-electron chi connectivity index (χ0n) is 17.0. The van der Waals surface area contributed by atoms with Crippen molar-refractivity contribution in [1.29, 1.82) is 0 Å². The number of anilines is 1. The van der Waals surface area contributed by atoms with E-state index in [1.165, 1.54) is 6.08 Å². The SMILES string of the molecule is COc1cc(/C=C/C(=O)Nc2c(C(C)C)cccc2C(C)C)cc(OC)c1. The monoisotopic (exact) mass is 367 g/mol.